The number of hydrogen-bond acceptors (Lipinski definition) is 6. The zero-order valence-electron chi connectivity index (χ0n) is 35.6. The molecule has 0 aromatic heterocycles. The van der Waals surface area contributed by atoms with Gasteiger partial charge in [0.2, 0.25) is 0 Å². The normalized spacial score (nSPS) is 12.0. The zero-order valence-corrected chi connectivity index (χ0v) is 35.6. The first kappa shape index (κ1) is 51.1. The minimum absolute atomic E-state index is 0.0688. The van der Waals surface area contributed by atoms with Crippen LogP contribution in [0.15, 0.2) is 12.2 Å². The Hall–Kier alpha value is -1.85. The number of allylic oxidation sites excluding steroid dienone is 2. The molecule has 1 atom stereocenters. The Labute approximate surface area is 329 Å². The highest BCUT2D eigenvalue weighted by molar-refractivity contribution is 5.71. The summed E-state index contributed by atoms with van der Waals surface area (Å²) in [6.45, 7) is 6.60. The van der Waals surface area contributed by atoms with Gasteiger partial charge in [0.1, 0.15) is 13.2 Å². The summed E-state index contributed by atoms with van der Waals surface area (Å²) in [5, 5.41) is 0. The lowest BCUT2D eigenvalue weighted by atomic mass is 10.1. The van der Waals surface area contributed by atoms with Crippen LogP contribution in [0.1, 0.15) is 252 Å². The van der Waals surface area contributed by atoms with Crippen LogP contribution in [0.2, 0.25) is 0 Å². The SMILES string of the molecule is CCCCCCCCC/C=C\CCCCCCCC(=O)OCC(COC(=O)CCCCCCCCCC)OC(=O)CCCCCCCCCCCCC. The van der Waals surface area contributed by atoms with Gasteiger partial charge < -0.3 is 14.2 Å². The number of carbonyl (C=O) groups is 3. The van der Waals surface area contributed by atoms with Crippen LogP contribution < -0.4 is 0 Å². The van der Waals surface area contributed by atoms with Crippen LogP contribution in [0.5, 0.6) is 0 Å². The first-order chi connectivity index (χ1) is 26.0. The van der Waals surface area contributed by atoms with Gasteiger partial charge in [-0.2, -0.15) is 0 Å². The minimum atomic E-state index is -0.763. The summed E-state index contributed by atoms with van der Waals surface area (Å²) >= 11 is 0. The first-order valence-electron chi connectivity index (χ1n) is 23.2. The van der Waals surface area contributed by atoms with E-state index < -0.39 is 6.10 Å². The Balaban J connectivity index is 4.28. The van der Waals surface area contributed by atoms with Crippen LogP contribution in [0.3, 0.4) is 0 Å². The van der Waals surface area contributed by atoms with E-state index in [0.29, 0.717) is 19.3 Å². The summed E-state index contributed by atoms with van der Waals surface area (Å²) in [5.41, 5.74) is 0. The summed E-state index contributed by atoms with van der Waals surface area (Å²) < 4.78 is 16.7. The average molecular weight is 749 g/mol. The summed E-state index contributed by atoms with van der Waals surface area (Å²) in [6, 6.07) is 0. The molecule has 0 rings (SSSR count). The Morgan fingerprint density at radius 3 is 0.943 bits per heavy atom. The van der Waals surface area contributed by atoms with Crippen molar-refractivity contribution in [2.75, 3.05) is 13.2 Å². The van der Waals surface area contributed by atoms with E-state index in [-0.39, 0.29) is 31.1 Å². The van der Waals surface area contributed by atoms with Crippen molar-refractivity contribution in [1.29, 1.82) is 0 Å². The molecule has 0 bridgehead atoms. The first-order valence-corrected chi connectivity index (χ1v) is 23.2. The highest BCUT2D eigenvalue weighted by atomic mass is 16.6. The van der Waals surface area contributed by atoms with Crippen LogP contribution in [0.4, 0.5) is 0 Å². The molecule has 0 aliphatic heterocycles. The molecule has 1 unspecified atom stereocenters. The van der Waals surface area contributed by atoms with Crippen molar-refractivity contribution in [1.82, 2.24) is 0 Å². The number of unbranched alkanes of at least 4 members (excludes halogenated alkanes) is 29. The van der Waals surface area contributed by atoms with Gasteiger partial charge in [-0.05, 0) is 44.9 Å². The van der Waals surface area contributed by atoms with Gasteiger partial charge in [-0.15, -0.1) is 0 Å². The summed E-state index contributed by atoms with van der Waals surface area (Å²) in [4.78, 5) is 37.6. The summed E-state index contributed by atoms with van der Waals surface area (Å²) in [5.74, 6) is -0.874. The smallest absolute Gasteiger partial charge is 0.306 e. The van der Waals surface area contributed by atoms with Crippen molar-refractivity contribution in [2.45, 2.75) is 258 Å². The molecule has 312 valence electrons. The second-order valence-corrected chi connectivity index (χ2v) is 15.7. The third kappa shape index (κ3) is 41.2. The van der Waals surface area contributed by atoms with Gasteiger partial charge in [0.15, 0.2) is 6.10 Å². The maximum atomic E-state index is 12.7. The largest absolute Gasteiger partial charge is 0.462 e. The van der Waals surface area contributed by atoms with Gasteiger partial charge in [-0.25, -0.2) is 0 Å². The van der Waals surface area contributed by atoms with E-state index in [4.69, 9.17) is 14.2 Å². The maximum absolute atomic E-state index is 12.7. The van der Waals surface area contributed by atoms with Gasteiger partial charge in [0.05, 0.1) is 0 Å². The Morgan fingerprint density at radius 1 is 0.358 bits per heavy atom. The Morgan fingerprint density at radius 2 is 0.623 bits per heavy atom. The molecule has 0 N–H and O–H groups in total. The van der Waals surface area contributed by atoms with E-state index in [1.54, 1.807) is 0 Å². The number of esters is 3. The molecule has 0 amide bonds. The predicted octanol–water partition coefficient (Wildman–Crippen LogP) is 14.6. The number of rotatable bonds is 42. The lowest BCUT2D eigenvalue weighted by Crippen LogP contribution is -2.30. The van der Waals surface area contributed by atoms with Gasteiger partial charge in [-0.1, -0.05) is 200 Å². The van der Waals surface area contributed by atoms with Crippen LogP contribution in [-0.2, 0) is 28.6 Å². The predicted molar refractivity (Wildman–Crippen MR) is 224 cm³/mol. The lowest BCUT2D eigenvalue weighted by molar-refractivity contribution is -0.167. The van der Waals surface area contributed by atoms with Crippen molar-refractivity contribution in [3.8, 4) is 0 Å². The van der Waals surface area contributed by atoms with E-state index >= 15 is 0 Å². The number of hydrogen-bond donors (Lipinski definition) is 0. The minimum Gasteiger partial charge on any atom is -0.462 e. The van der Waals surface area contributed by atoms with Crippen molar-refractivity contribution >= 4 is 17.9 Å². The molecule has 0 aromatic rings. The highest BCUT2D eigenvalue weighted by Crippen LogP contribution is 2.15. The lowest BCUT2D eigenvalue weighted by Gasteiger charge is -2.18. The molecule has 53 heavy (non-hydrogen) atoms. The highest BCUT2D eigenvalue weighted by Gasteiger charge is 2.19. The molecule has 0 aromatic carbocycles. The van der Waals surface area contributed by atoms with Gasteiger partial charge in [0.25, 0.3) is 0 Å². The van der Waals surface area contributed by atoms with Gasteiger partial charge >= 0.3 is 17.9 Å². The molecule has 6 heteroatoms. The molecule has 0 spiro atoms. The molecule has 0 fully saturated rings. The zero-order chi connectivity index (χ0) is 38.7. The van der Waals surface area contributed by atoms with E-state index in [0.717, 1.165) is 64.2 Å². The van der Waals surface area contributed by atoms with Crippen LogP contribution in [0, 0.1) is 0 Å². The number of ether oxygens (including phenoxy) is 3. The molecular formula is C47H88O6. The number of carbonyl (C=O) groups excluding carboxylic acids is 3. The second kappa shape index (κ2) is 42.9. The second-order valence-electron chi connectivity index (χ2n) is 15.7. The quantitative estimate of drug-likeness (QED) is 0.0268. The van der Waals surface area contributed by atoms with Crippen LogP contribution in [0.25, 0.3) is 0 Å². The fourth-order valence-electron chi connectivity index (χ4n) is 6.73. The fraction of sp³-hybridized carbons (Fsp3) is 0.894. The fourth-order valence-corrected chi connectivity index (χ4v) is 6.73. The monoisotopic (exact) mass is 749 g/mol. The Bertz CT molecular complexity index is 824. The molecule has 0 radical (unpaired) electrons. The van der Waals surface area contributed by atoms with E-state index in [1.807, 2.05) is 0 Å². The summed E-state index contributed by atoms with van der Waals surface area (Å²) in [7, 11) is 0. The van der Waals surface area contributed by atoms with E-state index in [1.165, 1.54) is 148 Å². The molecule has 0 saturated heterocycles. The van der Waals surface area contributed by atoms with Crippen LogP contribution in [-0.4, -0.2) is 37.2 Å². The van der Waals surface area contributed by atoms with E-state index in [9.17, 15) is 14.4 Å². The third-order valence-corrected chi connectivity index (χ3v) is 10.3. The van der Waals surface area contributed by atoms with Crippen molar-refractivity contribution in [2.24, 2.45) is 0 Å². The molecular weight excluding hydrogens is 661 g/mol. The Kier molecular flexibility index (Phi) is 41.4. The summed E-state index contributed by atoms with van der Waals surface area (Å²) in [6.07, 6.45) is 44.8. The molecule has 0 heterocycles. The standard InChI is InChI=1S/C47H88O6/c1-4-7-10-13-16-19-21-22-23-24-25-27-28-31-34-37-40-46(49)52-43-44(42-51-45(48)39-36-33-30-18-15-12-9-6-3)53-47(50)41-38-35-32-29-26-20-17-14-11-8-5-2/h23-24,44H,4-22,25-43H2,1-3H3/b24-23-. The molecule has 0 aliphatic rings. The van der Waals surface area contributed by atoms with Crippen molar-refractivity contribution in [3.63, 3.8) is 0 Å². The third-order valence-electron chi connectivity index (χ3n) is 10.3. The molecule has 0 aliphatic carbocycles. The van der Waals surface area contributed by atoms with Gasteiger partial charge in [-0.3, -0.25) is 14.4 Å². The molecule has 6 nitrogen and oxygen atoms in total. The van der Waals surface area contributed by atoms with Crippen LogP contribution >= 0.6 is 0 Å². The van der Waals surface area contributed by atoms with Crippen molar-refractivity contribution in [3.05, 3.63) is 12.2 Å². The maximum Gasteiger partial charge on any atom is 0.306 e. The van der Waals surface area contributed by atoms with Crippen molar-refractivity contribution < 1.29 is 28.6 Å². The topological polar surface area (TPSA) is 78.9 Å². The van der Waals surface area contributed by atoms with Gasteiger partial charge in [0, 0.05) is 19.3 Å². The van der Waals surface area contributed by atoms with E-state index in [2.05, 4.69) is 32.9 Å². The average Bonchev–Trinajstić information content (AvgIpc) is 3.15. The molecule has 0 saturated carbocycles.